The van der Waals surface area contributed by atoms with Crippen LogP contribution in [-0.4, -0.2) is 36.0 Å². The minimum atomic E-state index is -1.95. The SMILES string of the molecule is COC(=O)C1(C)OC2=C(C(=O)C(Br)=CC2=O)C(C)(C)C1=O. The molecule has 1 unspecified atom stereocenters. The lowest BCUT2D eigenvalue weighted by molar-refractivity contribution is -0.175. The third kappa shape index (κ3) is 1.98. The third-order valence-electron chi connectivity index (χ3n) is 3.66. The summed E-state index contributed by atoms with van der Waals surface area (Å²) in [5.41, 5.74) is -3.35. The molecule has 1 aliphatic heterocycles. The van der Waals surface area contributed by atoms with E-state index in [0.717, 1.165) is 13.2 Å². The van der Waals surface area contributed by atoms with Gasteiger partial charge in [-0.1, -0.05) is 0 Å². The molecule has 0 bridgehead atoms. The summed E-state index contributed by atoms with van der Waals surface area (Å²) < 4.78 is 9.97. The Hall–Kier alpha value is -1.76. The van der Waals surface area contributed by atoms with E-state index in [4.69, 9.17) is 4.74 Å². The number of halogens is 1. The zero-order valence-electron chi connectivity index (χ0n) is 11.9. The van der Waals surface area contributed by atoms with Crippen molar-refractivity contribution < 1.29 is 28.7 Å². The summed E-state index contributed by atoms with van der Waals surface area (Å²) in [5, 5.41) is 0. The van der Waals surface area contributed by atoms with Crippen molar-refractivity contribution in [3.63, 3.8) is 0 Å². The molecule has 1 atom stereocenters. The van der Waals surface area contributed by atoms with Gasteiger partial charge in [0.25, 0.3) is 5.60 Å². The number of ketones is 3. The summed E-state index contributed by atoms with van der Waals surface area (Å²) in [6.45, 7) is 4.19. The first-order valence-electron chi connectivity index (χ1n) is 6.10. The van der Waals surface area contributed by atoms with Crippen molar-refractivity contribution in [2.24, 2.45) is 5.41 Å². The number of esters is 1. The molecule has 112 valence electrons. The molecule has 1 heterocycles. The van der Waals surface area contributed by atoms with Crippen LogP contribution >= 0.6 is 15.9 Å². The molecule has 0 aromatic heterocycles. The van der Waals surface area contributed by atoms with Gasteiger partial charge in [0.2, 0.25) is 11.6 Å². The van der Waals surface area contributed by atoms with E-state index in [1.807, 2.05) is 0 Å². The Labute approximate surface area is 129 Å². The molecule has 0 saturated heterocycles. The lowest BCUT2D eigenvalue weighted by Crippen LogP contribution is -2.58. The van der Waals surface area contributed by atoms with E-state index in [-0.39, 0.29) is 15.8 Å². The topological polar surface area (TPSA) is 86.7 Å². The van der Waals surface area contributed by atoms with E-state index in [1.165, 1.54) is 20.8 Å². The number of methoxy groups -OCH3 is 1. The highest BCUT2D eigenvalue weighted by molar-refractivity contribution is 9.12. The Kier molecular flexibility index (Phi) is 3.44. The molecule has 0 radical (unpaired) electrons. The molecule has 6 nitrogen and oxygen atoms in total. The van der Waals surface area contributed by atoms with Crippen molar-refractivity contribution in [2.45, 2.75) is 26.4 Å². The Balaban J connectivity index is 2.70. The van der Waals surface area contributed by atoms with Gasteiger partial charge in [-0.3, -0.25) is 14.4 Å². The van der Waals surface area contributed by atoms with Crippen LogP contribution in [0.3, 0.4) is 0 Å². The maximum atomic E-state index is 12.6. The van der Waals surface area contributed by atoms with Gasteiger partial charge in [0.05, 0.1) is 22.6 Å². The van der Waals surface area contributed by atoms with Crippen LogP contribution in [0.1, 0.15) is 20.8 Å². The highest BCUT2D eigenvalue weighted by Crippen LogP contribution is 2.45. The first-order valence-corrected chi connectivity index (χ1v) is 6.90. The predicted octanol–water partition coefficient (Wildman–Crippen LogP) is 1.23. The first-order chi connectivity index (χ1) is 9.57. The van der Waals surface area contributed by atoms with Crippen LogP contribution in [0.4, 0.5) is 0 Å². The van der Waals surface area contributed by atoms with Gasteiger partial charge in [-0.05, 0) is 36.7 Å². The fourth-order valence-electron chi connectivity index (χ4n) is 2.55. The molecule has 0 saturated carbocycles. The molecule has 2 rings (SSSR count). The Morgan fingerprint density at radius 3 is 2.33 bits per heavy atom. The molecule has 1 aliphatic carbocycles. The Morgan fingerprint density at radius 1 is 1.24 bits per heavy atom. The van der Waals surface area contributed by atoms with Crippen LogP contribution in [0.5, 0.6) is 0 Å². The van der Waals surface area contributed by atoms with Crippen LogP contribution in [0.25, 0.3) is 0 Å². The van der Waals surface area contributed by atoms with Crippen molar-refractivity contribution in [1.29, 1.82) is 0 Å². The fraction of sp³-hybridized carbons (Fsp3) is 0.429. The minimum Gasteiger partial charge on any atom is -0.466 e. The zero-order chi connectivity index (χ0) is 16.2. The highest BCUT2D eigenvalue weighted by Gasteiger charge is 2.59. The number of rotatable bonds is 1. The number of carbonyl (C=O) groups is 4. The molecule has 7 heteroatoms. The first kappa shape index (κ1) is 15.6. The number of hydrogen-bond acceptors (Lipinski definition) is 6. The summed E-state index contributed by atoms with van der Waals surface area (Å²) >= 11 is 3.00. The molecule has 0 fully saturated rings. The minimum absolute atomic E-state index is 0.0479. The number of ether oxygens (including phenoxy) is 2. The fourth-order valence-corrected chi connectivity index (χ4v) is 2.96. The predicted molar refractivity (Wildman–Crippen MR) is 74.3 cm³/mol. The molecular weight excluding hydrogens is 344 g/mol. The van der Waals surface area contributed by atoms with Crippen molar-refractivity contribution in [2.75, 3.05) is 7.11 Å². The van der Waals surface area contributed by atoms with Gasteiger partial charge in [0.15, 0.2) is 11.5 Å². The maximum Gasteiger partial charge on any atom is 0.357 e. The summed E-state index contributed by atoms with van der Waals surface area (Å²) in [7, 11) is 1.12. The lowest BCUT2D eigenvalue weighted by atomic mass is 9.68. The molecule has 0 aromatic carbocycles. The van der Waals surface area contributed by atoms with Gasteiger partial charge in [-0.15, -0.1) is 0 Å². The van der Waals surface area contributed by atoms with Crippen LogP contribution < -0.4 is 0 Å². The monoisotopic (exact) mass is 356 g/mol. The molecule has 0 N–H and O–H groups in total. The molecule has 21 heavy (non-hydrogen) atoms. The molecule has 0 aromatic rings. The van der Waals surface area contributed by atoms with Crippen molar-refractivity contribution in [3.05, 3.63) is 21.9 Å². The Morgan fingerprint density at radius 2 is 1.81 bits per heavy atom. The summed E-state index contributed by atoms with van der Waals surface area (Å²) in [6.07, 6.45) is 1.06. The van der Waals surface area contributed by atoms with Gasteiger partial charge >= 0.3 is 5.97 Å². The van der Waals surface area contributed by atoms with E-state index < -0.39 is 34.3 Å². The number of allylic oxidation sites excluding steroid dienone is 3. The number of hydrogen-bond donors (Lipinski definition) is 0. The van der Waals surface area contributed by atoms with Crippen LogP contribution in [0.2, 0.25) is 0 Å². The van der Waals surface area contributed by atoms with Crippen molar-refractivity contribution in [1.82, 2.24) is 0 Å². The van der Waals surface area contributed by atoms with E-state index >= 15 is 0 Å². The molecule has 2 aliphatic rings. The summed E-state index contributed by atoms with van der Waals surface area (Å²) in [4.78, 5) is 48.8. The van der Waals surface area contributed by atoms with E-state index in [0.29, 0.717) is 0 Å². The summed E-state index contributed by atoms with van der Waals surface area (Å²) in [6, 6.07) is 0. The molecular formula is C14H13BrO6. The van der Waals surface area contributed by atoms with Crippen LogP contribution in [0, 0.1) is 5.41 Å². The zero-order valence-corrected chi connectivity index (χ0v) is 13.5. The van der Waals surface area contributed by atoms with E-state index in [2.05, 4.69) is 20.7 Å². The molecule has 0 spiro atoms. The largest absolute Gasteiger partial charge is 0.466 e. The van der Waals surface area contributed by atoms with Crippen LogP contribution in [0.15, 0.2) is 21.9 Å². The standard InChI is InChI=1S/C14H13BrO6/c1-13(2)8-9(17)6(15)5-7(16)10(8)21-14(3,11(13)18)12(19)20-4/h5H,1-4H3. The Bertz CT molecular complexity index is 654. The van der Waals surface area contributed by atoms with E-state index in [1.54, 1.807) is 0 Å². The van der Waals surface area contributed by atoms with Gasteiger partial charge in [-0.25, -0.2) is 4.79 Å². The second-order valence-electron chi connectivity index (χ2n) is 5.47. The van der Waals surface area contributed by atoms with Crippen molar-refractivity contribution in [3.8, 4) is 0 Å². The van der Waals surface area contributed by atoms with Gasteiger partial charge in [-0.2, -0.15) is 0 Å². The van der Waals surface area contributed by atoms with Crippen LogP contribution in [-0.2, 0) is 28.7 Å². The van der Waals surface area contributed by atoms with Gasteiger partial charge in [0, 0.05) is 6.08 Å². The van der Waals surface area contributed by atoms with Crippen molar-refractivity contribution >= 4 is 39.2 Å². The van der Waals surface area contributed by atoms with Gasteiger partial charge in [0.1, 0.15) is 0 Å². The second kappa shape index (κ2) is 4.62. The smallest absolute Gasteiger partial charge is 0.357 e. The molecule has 0 amide bonds. The third-order valence-corrected chi connectivity index (χ3v) is 4.25. The lowest BCUT2D eigenvalue weighted by Gasteiger charge is -2.41. The van der Waals surface area contributed by atoms with E-state index in [9.17, 15) is 19.2 Å². The highest BCUT2D eigenvalue weighted by atomic mass is 79.9. The second-order valence-corrected chi connectivity index (χ2v) is 6.33. The number of Topliss-reactive ketones (excluding diaryl/α,β-unsaturated/α-hetero) is 2. The average Bonchev–Trinajstić information content (AvgIpc) is 2.41. The normalized spacial score (nSPS) is 27.9. The quantitative estimate of drug-likeness (QED) is 0.399. The summed E-state index contributed by atoms with van der Waals surface area (Å²) in [5.74, 6) is -2.91. The number of carbonyl (C=O) groups excluding carboxylic acids is 4. The maximum absolute atomic E-state index is 12.6. The average molecular weight is 357 g/mol. The van der Waals surface area contributed by atoms with Gasteiger partial charge < -0.3 is 9.47 Å².